The van der Waals surface area contributed by atoms with Crippen molar-refractivity contribution >= 4 is 33.5 Å². The van der Waals surface area contributed by atoms with Crippen molar-refractivity contribution in [2.24, 2.45) is 0 Å². The molecule has 0 aliphatic rings. The van der Waals surface area contributed by atoms with Crippen LogP contribution >= 0.6 is 27.5 Å². The molecule has 0 saturated carbocycles. The molecule has 0 N–H and O–H groups in total. The molecule has 0 aliphatic heterocycles. The van der Waals surface area contributed by atoms with Gasteiger partial charge in [0.25, 0.3) is 6.43 Å². The third-order valence-corrected chi connectivity index (χ3v) is 3.30. The quantitative estimate of drug-likeness (QED) is 0.710. The topological polar surface area (TPSA) is 52.3 Å². The zero-order valence-electron chi connectivity index (χ0n) is 10.7. The summed E-state index contributed by atoms with van der Waals surface area (Å²) < 4.78 is 36.4. The Morgan fingerprint density at radius 1 is 1.52 bits per heavy atom. The summed E-state index contributed by atoms with van der Waals surface area (Å²) in [5.74, 6) is -1.77. The Morgan fingerprint density at radius 2 is 2.24 bits per heavy atom. The first kappa shape index (κ1) is 15.9. The molecular weight excluding hydrogens is 372 g/mol. The molecule has 1 heterocycles. The van der Waals surface area contributed by atoms with E-state index in [0.29, 0.717) is 10.0 Å². The summed E-state index contributed by atoms with van der Waals surface area (Å²) in [6, 6.07) is 4.78. The van der Waals surface area contributed by atoms with E-state index in [1.54, 1.807) is 25.1 Å². The Kier molecular flexibility index (Phi) is 4.95. The second kappa shape index (κ2) is 6.53. The van der Waals surface area contributed by atoms with E-state index < -0.39 is 23.8 Å². The number of hydrogen-bond donors (Lipinski definition) is 0. The normalized spacial score (nSPS) is 11.0. The van der Waals surface area contributed by atoms with Gasteiger partial charge in [-0.05, 0) is 25.1 Å². The molecule has 21 heavy (non-hydrogen) atoms. The van der Waals surface area contributed by atoms with E-state index >= 15 is 0 Å². The van der Waals surface area contributed by atoms with Crippen LogP contribution in [0.1, 0.15) is 29.6 Å². The van der Waals surface area contributed by atoms with Crippen LogP contribution in [0.25, 0.3) is 11.5 Å². The van der Waals surface area contributed by atoms with Crippen LogP contribution in [0.4, 0.5) is 8.78 Å². The first-order valence-electron chi connectivity index (χ1n) is 5.85. The van der Waals surface area contributed by atoms with E-state index in [9.17, 15) is 13.6 Å². The minimum atomic E-state index is -2.96. The number of aromatic nitrogens is 1. The monoisotopic (exact) mass is 379 g/mol. The van der Waals surface area contributed by atoms with Crippen molar-refractivity contribution in [2.75, 3.05) is 6.61 Å². The molecule has 0 amide bonds. The van der Waals surface area contributed by atoms with Crippen LogP contribution in [0.3, 0.4) is 0 Å². The molecule has 1 aromatic carbocycles. The van der Waals surface area contributed by atoms with Crippen LogP contribution in [-0.2, 0) is 4.74 Å². The number of rotatable bonds is 4. The zero-order chi connectivity index (χ0) is 15.6. The minimum Gasteiger partial charge on any atom is -0.460 e. The fourth-order valence-corrected chi connectivity index (χ4v) is 2.16. The number of esters is 1. The van der Waals surface area contributed by atoms with Gasteiger partial charge in [0, 0.05) is 4.47 Å². The van der Waals surface area contributed by atoms with Gasteiger partial charge in [-0.1, -0.05) is 27.5 Å². The van der Waals surface area contributed by atoms with Crippen molar-refractivity contribution in [3.05, 3.63) is 39.1 Å². The van der Waals surface area contributed by atoms with Crippen LogP contribution in [0.5, 0.6) is 0 Å². The van der Waals surface area contributed by atoms with E-state index in [2.05, 4.69) is 25.7 Å². The van der Waals surface area contributed by atoms with Crippen LogP contribution in [-0.4, -0.2) is 17.6 Å². The first-order valence-corrected chi connectivity index (χ1v) is 7.02. The van der Waals surface area contributed by atoms with Crippen molar-refractivity contribution in [2.45, 2.75) is 13.3 Å². The van der Waals surface area contributed by atoms with Gasteiger partial charge in [0.1, 0.15) is 0 Å². The Bertz CT molecular complexity index is 675. The summed E-state index contributed by atoms with van der Waals surface area (Å²) in [6.45, 7) is 1.59. The molecule has 2 rings (SSSR count). The third-order valence-electron chi connectivity index (χ3n) is 2.48. The van der Waals surface area contributed by atoms with Gasteiger partial charge in [-0.25, -0.2) is 18.6 Å². The fraction of sp³-hybridized carbons (Fsp3) is 0.231. The maximum absolute atomic E-state index is 13.0. The Balaban J connectivity index is 2.53. The van der Waals surface area contributed by atoms with E-state index in [0.717, 1.165) is 0 Å². The number of carbonyl (C=O) groups excluding carboxylic acids is 1. The lowest BCUT2D eigenvalue weighted by Gasteiger charge is -2.00. The first-order chi connectivity index (χ1) is 9.93. The Morgan fingerprint density at radius 3 is 2.86 bits per heavy atom. The number of oxazole rings is 1. The van der Waals surface area contributed by atoms with Gasteiger partial charge in [0.2, 0.25) is 11.7 Å². The maximum Gasteiger partial charge on any atom is 0.376 e. The van der Waals surface area contributed by atoms with Crippen LogP contribution < -0.4 is 0 Å². The summed E-state index contributed by atoms with van der Waals surface area (Å²) >= 11 is 9.22. The molecule has 0 bridgehead atoms. The molecule has 4 nitrogen and oxygen atoms in total. The van der Waals surface area contributed by atoms with E-state index in [1.807, 2.05) is 0 Å². The van der Waals surface area contributed by atoms with Crippen molar-refractivity contribution in [1.82, 2.24) is 4.98 Å². The summed E-state index contributed by atoms with van der Waals surface area (Å²) in [4.78, 5) is 15.3. The zero-order valence-corrected chi connectivity index (χ0v) is 13.0. The second-order valence-electron chi connectivity index (χ2n) is 3.88. The second-order valence-corrected chi connectivity index (χ2v) is 5.20. The summed E-state index contributed by atoms with van der Waals surface area (Å²) in [7, 11) is 0. The van der Waals surface area contributed by atoms with Crippen LogP contribution in [0.2, 0.25) is 5.02 Å². The van der Waals surface area contributed by atoms with Crippen molar-refractivity contribution in [3.8, 4) is 11.5 Å². The van der Waals surface area contributed by atoms with Gasteiger partial charge in [-0.15, -0.1) is 0 Å². The Hall–Kier alpha value is -1.47. The number of nitrogens with zero attached hydrogens (tertiary/aromatic N) is 1. The van der Waals surface area contributed by atoms with Gasteiger partial charge >= 0.3 is 5.97 Å². The Labute approximate surface area is 132 Å². The molecule has 2 aromatic rings. The minimum absolute atomic E-state index is 0.0369. The maximum atomic E-state index is 13.0. The number of halogens is 4. The molecule has 0 radical (unpaired) electrons. The summed E-state index contributed by atoms with van der Waals surface area (Å²) in [6.07, 6.45) is -2.96. The summed E-state index contributed by atoms with van der Waals surface area (Å²) in [5.41, 5.74) is -0.469. The van der Waals surface area contributed by atoms with Crippen LogP contribution in [0.15, 0.2) is 27.1 Å². The third kappa shape index (κ3) is 3.41. The smallest absolute Gasteiger partial charge is 0.376 e. The van der Waals surface area contributed by atoms with Gasteiger partial charge in [0.05, 0.1) is 17.2 Å². The fourth-order valence-electron chi connectivity index (χ4n) is 1.60. The van der Waals surface area contributed by atoms with Gasteiger partial charge < -0.3 is 9.15 Å². The molecule has 1 aromatic heterocycles. The highest BCUT2D eigenvalue weighted by molar-refractivity contribution is 9.10. The highest BCUT2D eigenvalue weighted by atomic mass is 79.9. The molecule has 0 spiro atoms. The predicted molar refractivity (Wildman–Crippen MR) is 75.6 cm³/mol. The highest BCUT2D eigenvalue weighted by Crippen LogP contribution is 2.34. The highest BCUT2D eigenvalue weighted by Gasteiger charge is 2.28. The molecule has 0 atom stereocenters. The number of carbonyl (C=O) groups is 1. The lowest BCUT2D eigenvalue weighted by Crippen LogP contribution is -2.06. The molecule has 112 valence electrons. The lowest BCUT2D eigenvalue weighted by atomic mass is 10.2. The largest absolute Gasteiger partial charge is 0.460 e. The molecule has 0 saturated heterocycles. The van der Waals surface area contributed by atoms with Crippen molar-refractivity contribution in [3.63, 3.8) is 0 Å². The molecular formula is C13H9BrClF2NO3. The molecule has 0 aliphatic carbocycles. The van der Waals surface area contributed by atoms with Crippen molar-refractivity contribution in [1.29, 1.82) is 0 Å². The molecule has 0 fully saturated rings. The number of hydrogen-bond acceptors (Lipinski definition) is 4. The van der Waals surface area contributed by atoms with Crippen molar-refractivity contribution < 1.29 is 22.7 Å². The predicted octanol–water partition coefficient (Wildman–Crippen LogP) is 4.87. The molecule has 8 heteroatoms. The number of alkyl halides is 2. The van der Waals surface area contributed by atoms with Gasteiger partial charge in [0.15, 0.2) is 5.69 Å². The average Bonchev–Trinajstić information content (AvgIpc) is 2.87. The number of benzene rings is 1. The molecule has 0 unspecified atom stereocenters. The van der Waals surface area contributed by atoms with Gasteiger partial charge in [-0.3, -0.25) is 0 Å². The number of ether oxygens (including phenoxy) is 1. The SMILES string of the molecule is CCOC(=O)c1oc(-c2cc(Br)ccc2Cl)nc1C(F)F. The average molecular weight is 381 g/mol. The van der Waals surface area contributed by atoms with Gasteiger partial charge in [-0.2, -0.15) is 0 Å². The standard InChI is InChI=1S/C13H9BrClF2NO3/c1-2-20-13(19)10-9(11(16)17)18-12(21-10)7-5-6(14)3-4-8(7)15/h3-5,11H,2H2,1H3. The van der Waals surface area contributed by atoms with E-state index in [4.69, 9.17) is 16.0 Å². The van der Waals surface area contributed by atoms with Crippen LogP contribution in [0, 0.1) is 0 Å². The van der Waals surface area contributed by atoms with E-state index in [-0.39, 0.29) is 17.5 Å². The lowest BCUT2D eigenvalue weighted by molar-refractivity contribution is 0.0476. The summed E-state index contributed by atoms with van der Waals surface area (Å²) in [5, 5.41) is 0.260. The van der Waals surface area contributed by atoms with E-state index in [1.165, 1.54) is 0 Å².